The van der Waals surface area contributed by atoms with E-state index in [1.165, 1.54) is 11.2 Å². The molecule has 0 heterocycles. The molecule has 90 valence electrons. The van der Waals surface area contributed by atoms with Crippen LogP contribution in [0.2, 0.25) is 0 Å². The van der Waals surface area contributed by atoms with Crippen LogP contribution in [0.25, 0.3) is 0 Å². The van der Waals surface area contributed by atoms with Crippen molar-refractivity contribution in [2.45, 2.75) is 38.4 Å². The summed E-state index contributed by atoms with van der Waals surface area (Å²) < 4.78 is 25.0. The highest BCUT2D eigenvalue weighted by molar-refractivity contribution is 7.92. The van der Waals surface area contributed by atoms with Crippen molar-refractivity contribution in [3.05, 3.63) is 0 Å². The molecule has 0 rings (SSSR count). The Kier molecular flexibility index (Phi) is 6.31. The van der Waals surface area contributed by atoms with Gasteiger partial charge >= 0.3 is 0 Å². The van der Waals surface area contributed by atoms with Crippen LogP contribution < -0.4 is 5.73 Å². The van der Waals surface area contributed by atoms with E-state index in [1.807, 2.05) is 0 Å². The van der Waals surface area contributed by atoms with E-state index >= 15 is 0 Å². The lowest BCUT2D eigenvalue weighted by molar-refractivity contribution is 0.452. The first-order valence-electron chi connectivity index (χ1n) is 5.08. The number of thiocarbonyl (C=S) groups is 1. The Morgan fingerprint density at radius 2 is 2.00 bits per heavy atom. The summed E-state index contributed by atoms with van der Waals surface area (Å²) in [5.74, 6) is 0. The van der Waals surface area contributed by atoms with Crippen molar-refractivity contribution >= 4 is 27.2 Å². The number of nitrogens with two attached hydrogens (primary N) is 1. The number of rotatable bonds is 7. The Hall–Kier alpha value is -0.200. The number of hydrogen-bond acceptors (Lipinski definition) is 3. The van der Waals surface area contributed by atoms with Crippen molar-refractivity contribution in [3.8, 4) is 0 Å². The van der Waals surface area contributed by atoms with Gasteiger partial charge in [0.2, 0.25) is 10.0 Å². The monoisotopic (exact) mass is 252 g/mol. The molecule has 6 heteroatoms. The molecule has 2 N–H and O–H groups in total. The van der Waals surface area contributed by atoms with E-state index in [1.54, 1.807) is 7.05 Å². The van der Waals surface area contributed by atoms with E-state index in [0.717, 1.165) is 19.3 Å². The fourth-order valence-electron chi connectivity index (χ4n) is 1.13. The third kappa shape index (κ3) is 4.44. The lowest BCUT2D eigenvalue weighted by Gasteiger charge is -2.21. The minimum absolute atomic E-state index is 0.0253. The molecule has 0 aromatic rings. The van der Waals surface area contributed by atoms with E-state index in [0.29, 0.717) is 6.54 Å². The minimum atomic E-state index is -3.35. The van der Waals surface area contributed by atoms with Crippen LogP contribution in [0.15, 0.2) is 0 Å². The van der Waals surface area contributed by atoms with Gasteiger partial charge < -0.3 is 5.73 Å². The Bertz CT molecular complexity index is 301. The maximum absolute atomic E-state index is 11.8. The molecule has 0 aliphatic carbocycles. The summed E-state index contributed by atoms with van der Waals surface area (Å²) in [6.07, 6.45) is 2.97. The quantitative estimate of drug-likeness (QED) is 0.544. The maximum Gasteiger partial charge on any atom is 0.222 e. The third-order valence-electron chi connectivity index (χ3n) is 2.36. The Labute approximate surface area is 97.9 Å². The zero-order valence-electron chi connectivity index (χ0n) is 9.56. The summed E-state index contributed by atoms with van der Waals surface area (Å²) in [6, 6.07) is 0. The second-order valence-corrected chi connectivity index (χ2v) is 6.45. The first-order valence-corrected chi connectivity index (χ1v) is 6.99. The summed E-state index contributed by atoms with van der Waals surface area (Å²) >= 11 is 4.69. The highest BCUT2D eigenvalue weighted by Crippen LogP contribution is 2.09. The van der Waals surface area contributed by atoms with Crippen LogP contribution in [0.5, 0.6) is 0 Å². The van der Waals surface area contributed by atoms with E-state index in [4.69, 9.17) is 18.0 Å². The number of nitrogens with zero attached hydrogens (tertiary/aromatic N) is 1. The normalized spacial score (nSPS) is 14.1. The Balaban J connectivity index is 4.39. The zero-order valence-corrected chi connectivity index (χ0v) is 11.2. The first-order chi connectivity index (χ1) is 6.84. The molecule has 15 heavy (non-hydrogen) atoms. The van der Waals surface area contributed by atoms with Gasteiger partial charge in [0, 0.05) is 13.6 Å². The molecule has 0 saturated carbocycles. The van der Waals surface area contributed by atoms with Crippen LogP contribution >= 0.6 is 12.2 Å². The molecule has 0 radical (unpaired) electrons. The number of sulfonamides is 1. The predicted molar refractivity (Wildman–Crippen MR) is 67.3 cm³/mol. The van der Waals surface area contributed by atoms with E-state index < -0.39 is 15.3 Å². The largest absolute Gasteiger partial charge is 0.392 e. The van der Waals surface area contributed by atoms with Gasteiger partial charge in [0.15, 0.2) is 0 Å². The zero-order chi connectivity index (χ0) is 12.1. The topological polar surface area (TPSA) is 63.4 Å². The molecular formula is C9H20N2O2S2. The standard InChI is InChI=1S/C9H20N2O2S2/c1-4-5-6-7-11(3)15(12,13)8(2)9(10)14/h8H,4-7H2,1-3H3,(H2,10,14). The molecule has 0 spiro atoms. The van der Waals surface area contributed by atoms with E-state index in [-0.39, 0.29) is 4.99 Å². The van der Waals surface area contributed by atoms with Gasteiger partial charge in [-0.1, -0.05) is 32.0 Å². The van der Waals surface area contributed by atoms with Gasteiger partial charge in [0.05, 0.1) is 4.99 Å². The fourth-order valence-corrected chi connectivity index (χ4v) is 2.71. The first kappa shape index (κ1) is 14.8. The van der Waals surface area contributed by atoms with Crippen LogP contribution in [0.3, 0.4) is 0 Å². The van der Waals surface area contributed by atoms with Crippen molar-refractivity contribution in [1.29, 1.82) is 0 Å². The van der Waals surface area contributed by atoms with Gasteiger partial charge in [-0.25, -0.2) is 12.7 Å². The molecule has 0 aromatic heterocycles. The molecule has 4 nitrogen and oxygen atoms in total. The summed E-state index contributed by atoms with van der Waals surface area (Å²) in [7, 11) is -1.78. The molecule has 0 bridgehead atoms. The Morgan fingerprint density at radius 1 is 1.47 bits per heavy atom. The van der Waals surface area contributed by atoms with E-state index in [9.17, 15) is 8.42 Å². The van der Waals surface area contributed by atoms with Crippen molar-refractivity contribution < 1.29 is 8.42 Å². The molecule has 0 aliphatic heterocycles. The van der Waals surface area contributed by atoms with E-state index in [2.05, 4.69) is 6.92 Å². The molecule has 0 saturated heterocycles. The van der Waals surface area contributed by atoms with Crippen molar-refractivity contribution in [2.75, 3.05) is 13.6 Å². The van der Waals surface area contributed by atoms with Crippen LogP contribution in [0.1, 0.15) is 33.1 Å². The smallest absolute Gasteiger partial charge is 0.222 e. The summed E-state index contributed by atoms with van der Waals surface area (Å²) in [5.41, 5.74) is 5.34. The lowest BCUT2D eigenvalue weighted by Crippen LogP contribution is -2.41. The molecule has 0 aliphatic rings. The maximum atomic E-state index is 11.8. The Morgan fingerprint density at radius 3 is 2.40 bits per heavy atom. The summed E-state index contributed by atoms with van der Waals surface area (Å²) in [5, 5.41) is -0.779. The van der Waals surface area contributed by atoms with Gasteiger partial charge in [-0.2, -0.15) is 0 Å². The van der Waals surface area contributed by atoms with Crippen LogP contribution in [-0.2, 0) is 10.0 Å². The molecule has 1 atom stereocenters. The molecule has 0 aromatic carbocycles. The van der Waals surface area contributed by atoms with Crippen molar-refractivity contribution in [2.24, 2.45) is 5.73 Å². The summed E-state index contributed by atoms with van der Waals surface area (Å²) in [4.78, 5) is 0.0253. The highest BCUT2D eigenvalue weighted by Gasteiger charge is 2.27. The van der Waals surface area contributed by atoms with Gasteiger partial charge in [0.1, 0.15) is 5.25 Å². The number of hydrogen-bond donors (Lipinski definition) is 1. The molecule has 1 unspecified atom stereocenters. The summed E-state index contributed by atoms with van der Waals surface area (Å²) in [6.45, 7) is 4.13. The lowest BCUT2D eigenvalue weighted by atomic mass is 10.2. The second kappa shape index (κ2) is 6.40. The molecular weight excluding hydrogens is 232 g/mol. The van der Waals surface area contributed by atoms with Crippen LogP contribution in [0.4, 0.5) is 0 Å². The van der Waals surface area contributed by atoms with Crippen LogP contribution in [-0.4, -0.2) is 36.6 Å². The van der Waals surface area contributed by atoms with Gasteiger partial charge in [0.25, 0.3) is 0 Å². The van der Waals surface area contributed by atoms with Crippen molar-refractivity contribution in [3.63, 3.8) is 0 Å². The minimum Gasteiger partial charge on any atom is -0.392 e. The van der Waals surface area contributed by atoms with Gasteiger partial charge in [-0.15, -0.1) is 0 Å². The number of unbranched alkanes of at least 4 members (excludes halogenated alkanes) is 2. The average Bonchev–Trinajstić information content (AvgIpc) is 2.16. The second-order valence-electron chi connectivity index (χ2n) is 3.62. The highest BCUT2D eigenvalue weighted by atomic mass is 32.2. The van der Waals surface area contributed by atoms with Crippen molar-refractivity contribution in [1.82, 2.24) is 4.31 Å². The SMILES string of the molecule is CCCCCN(C)S(=O)(=O)C(C)C(N)=S. The fraction of sp³-hybridized carbons (Fsp3) is 0.889. The van der Waals surface area contributed by atoms with Crippen LogP contribution in [0, 0.1) is 0 Å². The van der Waals surface area contributed by atoms with Gasteiger partial charge in [-0.3, -0.25) is 0 Å². The van der Waals surface area contributed by atoms with Gasteiger partial charge in [-0.05, 0) is 13.3 Å². The third-order valence-corrected chi connectivity index (χ3v) is 5.06. The average molecular weight is 252 g/mol. The molecule has 0 fully saturated rings. The molecule has 0 amide bonds. The predicted octanol–water partition coefficient (Wildman–Crippen LogP) is 1.11.